The van der Waals surface area contributed by atoms with Gasteiger partial charge in [-0.3, -0.25) is 0 Å². The maximum atomic E-state index is 8.81. The fourth-order valence-electron chi connectivity index (χ4n) is 1.43. The minimum atomic E-state index is 0.128. The molecule has 0 bridgehead atoms. The normalized spacial score (nSPS) is 12.8. The first kappa shape index (κ1) is 11.2. The summed E-state index contributed by atoms with van der Waals surface area (Å²) in [7, 11) is 1.69. The van der Waals surface area contributed by atoms with Gasteiger partial charge in [-0.2, -0.15) is 0 Å². The van der Waals surface area contributed by atoms with E-state index in [-0.39, 0.29) is 12.7 Å². The molecule has 1 aromatic rings. The Morgan fingerprint density at radius 3 is 2.43 bits per heavy atom. The first-order valence-electron chi connectivity index (χ1n) is 4.95. The first-order valence-corrected chi connectivity index (χ1v) is 4.95. The van der Waals surface area contributed by atoms with Crippen molar-refractivity contribution in [1.29, 1.82) is 0 Å². The van der Waals surface area contributed by atoms with Gasteiger partial charge in [0.15, 0.2) is 0 Å². The molecular weight excluding hydrogens is 176 g/mol. The Morgan fingerprint density at radius 1 is 1.29 bits per heavy atom. The second-order valence-electron chi connectivity index (χ2n) is 3.56. The SMILES string of the molecule is COC(CCO)Cc1ccc(C)cc1. The zero-order chi connectivity index (χ0) is 10.4. The van der Waals surface area contributed by atoms with Crippen LogP contribution in [0, 0.1) is 6.92 Å². The van der Waals surface area contributed by atoms with Crippen LogP contribution in [0.3, 0.4) is 0 Å². The molecule has 1 unspecified atom stereocenters. The lowest BCUT2D eigenvalue weighted by Gasteiger charge is -2.13. The average molecular weight is 194 g/mol. The smallest absolute Gasteiger partial charge is 0.0633 e. The molecule has 0 amide bonds. The van der Waals surface area contributed by atoms with E-state index in [1.165, 1.54) is 11.1 Å². The number of methoxy groups -OCH3 is 1. The molecule has 0 heterocycles. The van der Waals surface area contributed by atoms with Gasteiger partial charge in [0.1, 0.15) is 0 Å². The van der Waals surface area contributed by atoms with Crippen LogP contribution < -0.4 is 0 Å². The Balaban J connectivity index is 2.53. The van der Waals surface area contributed by atoms with Gasteiger partial charge in [-0.05, 0) is 25.3 Å². The molecule has 0 aliphatic rings. The number of aliphatic hydroxyl groups excluding tert-OH is 1. The Morgan fingerprint density at radius 2 is 1.93 bits per heavy atom. The van der Waals surface area contributed by atoms with Crippen molar-refractivity contribution in [2.75, 3.05) is 13.7 Å². The highest BCUT2D eigenvalue weighted by molar-refractivity contribution is 5.21. The lowest BCUT2D eigenvalue weighted by Crippen LogP contribution is -2.15. The number of hydrogen-bond donors (Lipinski definition) is 1. The minimum absolute atomic E-state index is 0.128. The van der Waals surface area contributed by atoms with E-state index in [9.17, 15) is 0 Å². The molecule has 0 saturated heterocycles. The first-order chi connectivity index (χ1) is 6.76. The summed E-state index contributed by atoms with van der Waals surface area (Å²) in [5.74, 6) is 0. The van der Waals surface area contributed by atoms with Crippen molar-refractivity contribution in [3.8, 4) is 0 Å². The standard InChI is InChI=1S/C12H18O2/c1-10-3-5-11(6-4-10)9-12(14-2)7-8-13/h3-6,12-13H,7-9H2,1-2H3. The van der Waals surface area contributed by atoms with E-state index >= 15 is 0 Å². The zero-order valence-electron chi connectivity index (χ0n) is 8.86. The Kier molecular flexibility index (Phi) is 4.63. The van der Waals surface area contributed by atoms with Crippen molar-refractivity contribution in [3.63, 3.8) is 0 Å². The predicted octanol–water partition coefficient (Wildman–Crippen LogP) is 1.93. The van der Waals surface area contributed by atoms with Crippen LogP contribution in [0.25, 0.3) is 0 Å². The number of aryl methyl sites for hydroxylation is 1. The third kappa shape index (κ3) is 3.48. The van der Waals surface area contributed by atoms with Crippen LogP contribution in [0.4, 0.5) is 0 Å². The molecule has 0 aromatic heterocycles. The maximum absolute atomic E-state index is 8.81. The van der Waals surface area contributed by atoms with Crippen molar-refractivity contribution in [1.82, 2.24) is 0 Å². The Bertz CT molecular complexity index is 254. The summed E-state index contributed by atoms with van der Waals surface area (Å²) >= 11 is 0. The molecule has 0 aliphatic carbocycles. The monoisotopic (exact) mass is 194 g/mol. The van der Waals surface area contributed by atoms with Gasteiger partial charge in [0.05, 0.1) is 6.10 Å². The van der Waals surface area contributed by atoms with E-state index < -0.39 is 0 Å². The van der Waals surface area contributed by atoms with Crippen LogP contribution in [0.5, 0.6) is 0 Å². The molecule has 2 heteroatoms. The Labute approximate surface area is 85.5 Å². The molecule has 14 heavy (non-hydrogen) atoms. The molecule has 78 valence electrons. The fraction of sp³-hybridized carbons (Fsp3) is 0.500. The Hall–Kier alpha value is -0.860. The van der Waals surface area contributed by atoms with E-state index in [0.29, 0.717) is 6.42 Å². The van der Waals surface area contributed by atoms with Crippen molar-refractivity contribution in [3.05, 3.63) is 35.4 Å². The number of hydrogen-bond acceptors (Lipinski definition) is 2. The molecule has 0 fully saturated rings. The van der Waals surface area contributed by atoms with Crippen LogP contribution in [0.2, 0.25) is 0 Å². The summed E-state index contributed by atoms with van der Waals surface area (Å²) in [6.45, 7) is 2.26. The molecule has 1 rings (SSSR count). The number of rotatable bonds is 5. The second kappa shape index (κ2) is 5.78. The van der Waals surface area contributed by atoms with Gasteiger partial charge >= 0.3 is 0 Å². The molecule has 2 nitrogen and oxygen atoms in total. The van der Waals surface area contributed by atoms with E-state index in [1.54, 1.807) is 7.11 Å². The highest BCUT2D eigenvalue weighted by Gasteiger charge is 2.07. The molecule has 1 N–H and O–H groups in total. The van der Waals surface area contributed by atoms with Gasteiger partial charge in [0.2, 0.25) is 0 Å². The molecular formula is C12H18O2. The van der Waals surface area contributed by atoms with Crippen LogP contribution in [0.15, 0.2) is 24.3 Å². The van der Waals surface area contributed by atoms with Gasteiger partial charge < -0.3 is 9.84 Å². The second-order valence-corrected chi connectivity index (χ2v) is 3.56. The number of benzene rings is 1. The third-order valence-corrected chi connectivity index (χ3v) is 2.37. The van der Waals surface area contributed by atoms with Crippen molar-refractivity contribution in [2.45, 2.75) is 25.9 Å². The molecule has 0 aliphatic heterocycles. The predicted molar refractivity (Wildman–Crippen MR) is 57.4 cm³/mol. The van der Waals surface area contributed by atoms with Crippen molar-refractivity contribution >= 4 is 0 Å². The molecule has 0 saturated carbocycles. The van der Waals surface area contributed by atoms with E-state index in [2.05, 4.69) is 31.2 Å². The molecule has 1 aromatic carbocycles. The number of aliphatic hydroxyl groups is 1. The summed E-state index contributed by atoms with van der Waals surface area (Å²) in [6, 6.07) is 8.42. The van der Waals surface area contributed by atoms with Gasteiger partial charge in [-0.25, -0.2) is 0 Å². The largest absolute Gasteiger partial charge is 0.396 e. The summed E-state index contributed by atoms with van der Waals surface area (Å²) in [6.07, 6.45) is 1.70. The van der Waals surface area contributed by atoms with Crippen molar-refractivity contribution in [2.24, 2.45) is 0 Å². The molecule has 0 radical (unpaired) electrons. The molecule has 0 spiro atoms. The van der Waals surface area contributed by atoms with Gasteiger partial charge in [0, 0.05) is 13.7 Å². The van der Waals surface area contributed by atoms with Gasteiger partial charge in [0.25, 0.3) is 0 Å². The minimum Gasteiger partial charge on any atom is -0.396 e. The van der Waals surface area contributed by atoms with Crippen LogP contribution in [-0.2, 0) is 11.2 Å². The lowest BCUT2D eigenvalue weighted by molar-refractivity contribution is 0.0779. The highest BCUT2D eigenvalue weighted by Crippen LogP contribution is 2.09. The van der Waals surface area contributed by atoms with Crippen LogP contribution in [0.1, 0.15) is 17.5 Å². The summed E-state index contributed by atoms with van der Waals surface area (Å²) in [5, 5.41) is 8.81. The molecule has 1 atom stereocenters. The zero-order valence-corrected chi connectivity index (χ0v) is 8.86. The third-order valence-electron chi connectivity index (χ3n) is 2.37. The summed E-state index contributed by atoms with van der Waals surface area (Å²) in [5.41, 5.74) is 2.53. The maximum Gasteiger partial charge on any atom is 0.0633 e. The van der Waals surface area contributed by atoms with Gasteiger partial charge in [-0.1, -0.05) is 29.8 Å². The average Bonchev–Trinajstić information content (AvgIpc) is 2.20. The lowest BCUT2D eigenvalue weighted by atomic mass is 10.0. The van der Waals surface area contributed by atoms with E-state index in [1.807, 2.05) is 0 Å². The highest BCUT2D eigenvalue weighted by atomic mass is 16.5. The number of ether oxygens (including phenoxy) is 1. The van der Waals surface area contributed by atoms with Crippen molar-refractivity contribution < 1.29 is 9.84 Å². The van der Waals surface area contributed by atoms with Crippen LogP contribution >= 0.6 is 0 Å². The summed E-state index contributed by atoms with van der Waals surface area (Å²) in [4.78, 5) is 0. The summed E-state index contributed by atoms with van der Waals surface area (Å²) < 4.78 is 5.26. The topological polar surface area (TPSA) is 29.5 Å². The van der Waals surface area contributed by atoms with Gasteiger partial charge in [-0.15, -0.1) is 0 Å². The fourth-order valence-corrected chi connectivity index (χ4v) is 1.43. The van der Waals surface area contributed by atoms with E-state index in [0.717, 1.165) is 6.42 Å². The van der Waals surface area contributed by atoms with E-state index in [4.69, 9.17) is 9.84 Å². The quantitative estimate of drug-likeness (QED) is 0.776. The van der Waals surface area contributed by atoms with Crippen LogP contribution in [-0.4, -0.2) is 24.9 Å².